The molecule has 0 aromatic heterocycles. The summed E-state index contributed by atoms with van der Waals surface area (Å²) in [5, 5.41) is 10.8. The topological polar surface area (TPSA) is 40.1 Å². The molecule has 0 aromatic carbocycles. The van der Waals surface area contributed by atoms with Gasteiger partial charge in [-0.05, 0) is 51.4 Å². The lowest BCUT2D eigenvalue weighted by Crippen LogP contribution is -2.30. The molecule has 0 radical (unpaired) electrons. The smallest absolute Gasteiger partial charge is 0.0448 e. The zero-order valence-corrected chi connectivity index (χ0v) is 16.5. The molecule has 0 rings (SSSR count). The second-order valence-electron chi connectivity index (χ2n) is 6.08. The first kappa shape index (κ1) is 23.9. The van der Waals surface area contributed by atoms with Gasteiger partial charge in [-0.2, -0.15) is 0 Å². The van der Waals surface area contributed by atoms with Crippen molar-refractivity contribution in [1.29, 1.82) is 0 Å². The number of aliphatic carboxylic acids is 1. The maximum Gasteiger partial charge on any atom is 0.0448 e. The first-order chi connectivity index (χ1) is 12.7. The molecule has 0 saturated heterocycles. The Morgan fingerprint density at radius 3 is 1.31 bits per heavy atom. The fourth-order valence-corrected chi connectivity index (χ4v) is 2.21. The fraction of sp³-hybridized carbons (Fsp3) is 0.458. The van der Waals surface area contributed by atoms with Crippen molar-refractivity contribution in [3.05, 3.63) is 72.9 Å². The Morgan fingerprint density at radius 1 is 0.654 bits per heavy atom. The number of hydrogen-bond acceptors (Lipinski definition) is 2. The normalized spacial score (nSPS) is 14.2. The van der Waals surface area contributed by atoms with E-state index < -0.39 is 5.97 Å². The Morgan fingerprint density at radius 2 is 1.00 bits per heavy atom. The van der Waals surface area contributed by atoms with E-state index in [1.54, 1.807) is 0 Å². The van der Waals surface area contributed by atoms with Crippen LogP contribution in [0.1, 0.15) is 65.2 Å². The molecule has 26 heavy (non-hydrogen) atoms. The van der Waals surface area contributed by atoms with Crippen LogP contribution >= 0.6 is 0 Å². The fourth-order valence-electron chi connectivity index (χ4n) is 2.21. The van der Waals surface area contributed by atoms with Crippen LogP contribution in [0.4, 0.5) is 0 Å². The molecule has 1 unspecified atom stereocenters. The lowest BCUT2D eigenvalue weighted by atomic mass is 10.0. The molecule has 0 fully saturated rings. The minimum atomic E-state index is -0.952. The van der Waals surface area contributed by atoms with Crippen molar-refractivity contribution in [1.82, 2.24) is 0 Å². The van der Waals surface area contributed by atoms with Gasteiger partial charge >= 0.3 is 0 Å². The summed E-state index contributed by atoms with van der Waals surface area (Å²) in [5.74, 6) is -1.31. The van der Waals surface area contributed by atoms with Gasteiger partial charge in [-0.25, -0.2) is 0 Å². The molecule has 2 nitrogen and oxygen atoms in total. The van der Waals surface area contributed by atoms with Crippen molar-refractivity contribution in [3.63, 3.8) is 0 Å². The quantitative estimate of drug-likeness (QED) is 0.346. The summed E-state index contributed by atoms with van der Waals surface area (Å²) in [6, 6.07) is 0. The van der Waals surface area contributed by atoms with Crippen LogP contribution in [-0.4, -0.2) is 5.97 Å². The van der Waals surface area contributed by atoms with Crippen LogP contribution < -0.4 is 5.11 Å². The average Bonchev–Trinajstić information content (AvgIpc) is 2.63. The van der Waals surface area contributed by atoms with Crippen LogP contribution in [-0.2, 0) is 4.79 Å². The number of carboxylic acid groups (broad SMARTS) is 1. The number of carbonyl (C=O) groups is 1. The number of rotatable bonds is 15. The third kappa shape index (κ3) is 16.8. The van der Waals surface area contributed by atoms with Crippen molar-refractivity contribution in [2.24, 2.45) is 5.92 Å². The molecular formula is C24H35O2-. The van der Waals surface area contributed by atoms with E-state index in [-0.39, 0.29) is 5.92 Å². The maximum absolute atomic E-state index is 10.8. The molecule has 0 spiro atoms. The van der Waals surface area contributed by atoms with E-state index in [1.807, 2.05) is 19.1 Å². The number of allylic oxidation sites excluding steroid dienone is 12. The van der Waals surface area contributed by atoms with E-state index in [9.17, 15) is 9.90 Å². The van der Waals surface area contributed by atoms with Crippen LogP contribution in [0.5, 0.6) is 0 Å². The molecule has 0 saturated carbocycles. The van der Waals surface area contributed by atoms with E-state index in [0.29, 0.717) is 12.8 Å². The predicted octanol–water partition coefficient (Wildman–Crippen LogP) is 5.85. The Labute approximate surface area is 160 Å². The highest BCUT2D eigenvalue weighted by molar-refractivity contribution is 5.67. The van der Waals surface area contributed by atoms with Gasteiger partial charge < -0.3 is 9.90 Å². The summed E-state index contributed by atoms with van der Waals surface area (Å²) in [5.41, 5.74) is 0. The highest BCUT2D eigenvalue weighted by Crippen LogP contribution is 2.08. The SMILES string of the molecule is CC/C=C\C/C=C\C/C=C\C/C=C\C/C=C\C/C=C\CC(CC)C(=O)[O-]. The molecule has 0 aliphatic rings. The molecular weight excluding hydrogens is 320 g/mol. The molecule has 2 heteroatoms. The third-order valence-corrected chi connectivity index (χ3v) is 3.84. The van der Waals surface area contributed by atoms with Crippen LogP contribution in [0, 0.1) is 5.92 Å². The van der Waals surface area contributed by atoms with Crippen molar-refractivity contribution in [3.8, 4) is 0 Å². The largest absolute Gasteiger partial charge is 0.550 e. The Bertz CT molecular complexity index is 504. The van der Waals surface area contributed by atoms with E-state index in [4.69, 9.17) is 0 Å². The number of carbonyl (C=O) groups excluding carboxylic acids is 1. The molecule has 1 atom stereocenters. The zero-order chi connectivity index (χ0) is 19.3. The van der Waals surface area contributed by atoms with Crippen molar-refractivity contribution < 1.29 is 9.90 Å². The molecule has 0 bridgehead atoms. The van der Waals surface area contributed by atoms with Gasteiger partial charge in [0.05, 0.1) is 0 Å². The van der Waals surface area contributed by atoms with Gasteiger partial charge in [-0.3, -0.25) is 0 Å². The second kappa shape index (κ2) is 19.2. The van der Waals surface area contributed by atoms with Crippen LogP contribution in [0.2, 0.25) is 0 Å². The summed E-state index contributed by atoms with van der Waals surface area (Å²) in [6.45, 7) is 4.02. The van der Waals surface area contributed by atoms with E-state index in [0.717, 1.165) is 38.5 Å². The summed E-state index contributed by atoms with van der Waals surface area (Å²) >= 11 is 0. The molecule has 0 aromatic rings. The highest BCUT2D eigenvalue weighted by atomic mass is 16.4. The van der Waals surface area contributed by atoms with Gasteiger partial charge in [0.25, 0.3) is 0 Å². The van der Waals surface area contributed by atoms with E-state index >= 15 is 0 Å². The van der Waals surface area contributed by atoms with Gasteiger partial charge in [0, 0.05) is 11.9 Å². The average molecular weight is 356 g/mol. The summed E-state index contributed by atoms with van der Waals surface area (Å²) in [7, 11) is 0. The minimum absolute atomic E-state index is 0.361. The standard InChI is InChI=1S/C24H36O2/c1-3-5-6-7-8-9-10-11-12-13-14-15-16-17-18-19-20-21-22-23(4-2)24(25)26/h5-6,8-9,11-12,14-15,17-18,20-21,23H,3-4,7,10,13,16,19,22H2,1-2H3,(H,25,26)/p-1/b6-5-,9-8-,12-11-,15-14-,18-17-,21-20-. The van der Waals surface area contributed by atoms with Crippen LogP contribution in [0.3, 0.4) is 0 Å². The van der Waals surface area contributed by atoms with Crippen molar-refractivity contribution >= 4 is 5.97 Å². The maximum atomic E-state index is 10.8. The summed E-state index contributed by atoms with van der Waals surface area (Å²) in [6.07, 6.45) is 32.8. The van der Waals surface area contributed by atoms with Gasteiger partial charge in [-0.15, -0.1) is 0 Å². The van der Waals surface area contributed by atoms with E-state index in [2.05, 4.69) is 67.7 Å². The van der Waals surface area contributed by atoms with Crippen molar-refractivity contribution in [2.45, 2.75) is 65.2 Å². The van der Waals surface area contributed by atoms with Gasteiger partial charge in [-0.1, -0.05) is 86.8 Å². The van der Waals surface area contributed by atoms with Gasteiger partial charge in [0.1, 0.15) is 0 Å². The molecule has 0 aliphatic heterocycles. The summed E-state index contributed by atoms with van der Waals surface area (Å²) in [4.78, 5) is 10.8. The minimum Gasteiger partial charge on any atom is -0.550 e. The Kier molecular flexibility index (Phi) is 17.7. The third-order valence-electron chi connectivity index (χ3n) is 3.84. The predicted molar refractivity (Wildman–Crippen MR) is 112 cm³/mol. The highest BCUT2D eigenvalue weighted by Gasteiger charge is 2.03. The van der Waals surface area contributed by atoms with Crippen LogP contribution in [0.25, 0.3) is 0 Å². The molecule has 0 aliphatic carbocycles. The molecule has 0 N–H and O–H groups in total. The van der Waals surface area contributed by atoms with Gasteiger partial charge in [0.15, 0.2) is 0 Å². The summed E-state index contributed by atoms with van der Waals surface area (Å²) < 4.78 is 0. The van der Waals surface area contributed by atoms with E-state index in [1.165, 1.54) is 0 Å². The molecule has 144 valence electrons. The van der Waals surface area contributed by atoms with Crippen LogP contribution in [0.15, 0.2) is 72.9 Å². The Balaban J connectivity index is 3.65. The molecule has 0 heterocycles. The van der Waals surface area contributed by atoms with Gasteiger partial charge in [0.2, 0.25) is 0 Å². The molecule has 0 amide bonds. The number of hydrogen-bond donors (Lipinski definition) is 0. The monoisotopic (exact) mass is 355 g/mol. The van der Waals surface area contributed by atoms with Crippen molar-refractivity contribution in [2.75, 3.05) is 0 Å². The number of carboxylic acids is 1. The Hall–Kier alpha value is -2.09. The first-order valence-corrected chi connectivity index (χ1v) is 9.83. The zero-order valence-electron chi connectivity index (χ0n) is 16.5. The lowest BCUT2D eigenvalue weighted by Gasteiger charge is -2.12. The second-order valence-corrected chi connectivity index (χ2v) is 6.08. The lowest BCUT2D eigenvalue weighted by molar-refractivity contribution is -0.311. The first-order valence-electron chi connectivity index (χ1n) is 9.83.